The molecule has 7 heteroatoms. The minimum Gasteiger partial charge on any atom is -0.492 e. The van der Waals surface area contributed by atoms with Gasteiger partial charge in [-0.15, -0.1) is 11.3 Å². The van der Waals surface area contributed by atoms with Gasteiger partial charge in [0.1, 0.15) is 18.2 Å². The van der Waals surface area contributed by atoms with Crippen LogP contribution in [0.4, 0.5) is 4.39 Å². The smallest absolute Gasteiger partial charge is 0.261 e. The third kappa shape index (κ3) is 4.23. The standard InChI is InChI=1S/C19H17BrFNO3S/c1-24-11-14-17-15(21)6-3-7-16(17)26-18(14)19(23)22-8-9-25-13-5-2-4-12(20)10-13/h2-7,10H,8-9,11H2,1H3,(H,22,23). The van der Waals surface area contributed by atoms with Crippen molar-refractivity contribution in [2.75, 3.05) is 20.3 Å². The Morgan fingerprint density at radius 2 is 2.08 bits per heavy atom. The zero-order chi connectivity index (χ0) is 18.5. The van der Waals surface area contributed by atoms with Crippen LogP contribution >= 0.6 is 27.3 Å². The molecule has 3 rings (SSSR count). The minimum absolute atomic E-state index is 0.179. The van der Waals surface area contributed by atoms with E-state index >= 15 is 0 Å². The zero-order valence-electron chi connectivity index (χ0n) is 14.1. The van der Waals surface area contributed by atoms with E-state index in [1.807, 2.05) is 24.3 Å². The lowest BCUT2D eigenvalue weighted by molar-refractivity contribution is 0.0947. The van der Waals surface area contributed by atoms with E-state index in [2.05, 4.69) is 21.2 Å². The molecule has 0 bridgehead atoms. The average molecular weight is 438 g/mol. The van der Waals surface area contributed by atoms with Crippen molar-refractivity contribution in [1.82, 2.24) is 5.32 Å². The number of halogens is 2. The summed E-state index contributed by atoms with van der Waals surface area (Å²) in [6.45, 7) is 0.855. The molecule has 0 aliphatic heterocycles. The molecule has 0 radical (unpaired) electrons. The molecule has 1 N–H and O–H groups in total. The Kier molecular flexibility index (Phi) is 6.24. The summed E-state index contributed by atoms with van der Waals surface area (Å²) in [5, 5.41) is 3.27. The highest BCUT2D eigenvalue weighted by atomic mass is 79.9. The average Bonchev–Trinajstić information content (AvgIpc) is 2.99. The Hall–Kier alpha value is -1.96. The largest absolute Gasteiger partial charge is 0.492 e. The van der Waals surface area contributed by atoms with Gasteiger partial charge in [-0.05, 0) is 30.3 Å². The van der Waals surface area contributed by atoms with E-state index in [0.717, 1.165) is 14.9 Å². The van der Waals surface area contributed by atoms with Crippen molar-refractivity contribution < 1.29 is 18.7 Å². The Morgan fingerprint density at radius 1 is 1.27 bits per heavy atom. The van der Waals surface area contributed by atoms with E-state index in [9.17, 15) is 9.18 Å². The predicted molar refractivity (Wildman–Crippen MR) is 104 cm³/mol. The highest BCUT2D eigenvalue weighted by molar-refractivity contribution is 9.10. The van der Waals surface area contributed by atoms with Crippen LogP contribution in [0.2, 0.25) is 0 Å². The molecule has 1 heterocycles. The molecule has 0 fully saturated rings. The molecular weight excluding hydrogens is 421 g/mol. The van der Waals surface area contributed by atoms with E-state index in [4.69, 9.17) is 9.47 Å². The summed E-state index contributed by atoms with van der Waals surface area (Å²) in [5.41, 5.74) is 0.580. The van der Waals surface area contributed by atoms with Gasteiger partial charge in [-0.3, -0.25) is 4.79 Å². The molecule has 0 aliphatic rings. The first-order valence-electron chi connectivity index (χ1n) is 7.95. The highest BCUT2D eigenvalue weighted by Gasteiger charge is 2.20. The van der Waals surface area contributed by atoms with E-state index in [0.29, 0.717) is 29.0 Å². The number of carbonyl (C=O) groups is 1. The summed E-state index contributed by atoms with van der Waals surface area (Å²) < 4.78 is 26.6. The maximum atomic E-state index is 14.2. The predicted octanol–water partition coefficient (Wildman–Crippen LogP) is 4.76. The first kappa shape index (κ1) is 18.8. The fourth-order valence-electron chi connectivity index (χ4n) is 2.60. The Morgan fingerprint density at radius 3 is 2.85 bits per heavy atom. The number of nitrogens with one attached hydrogen (secondary N) is 1. The second-order valence-electron chi connectivity index (χ2n) is 5.52. The molecule has 3 aromatic rings. The van der Waals surface area contributed by atoms with E-state index in [1.54, 1.807) is 12.1 Å². The van der Waals surface area contributed by atoms with Gasteiger partial charge < -0.3 is 14.8 Å². The first-order valence-corrected chi connectivity index (χ1v) is 9.56. The van der Waals surface area contributed by atoms with E-state index in [1.165, 1.54) is 24.5 Å². The topological polar surface area (TPSA) is 47.6 Å². The Bertz CT molecular complexity index is 928. The molecule has 0 aliphatic carbocycles. The summed E-state index contributed by atoms with van der Waals surface area (Å²) in [6, 6.07) is 12.3. The van der Waals surface area contributed by atoms with Crippen molar-refractivity contribution in [1.29, 1.82) is 0 Å². The number of thiophene rings is 1. The van der Waals surface area contributed by atoms with Crippen LogP contribution in [0, 0.1) is 5.82 Å². The van der Waals surface area contributed by atoms with Gasteiger partial charge in [-0.1, -0.05) is 28.1 Å². The lowest BCUT2D eigenvalue weighted by Gasteiger charge is -2.08. The van der Waals surface area contributed by atoms with Gasteiger partial charge in [0.2, 0.25) is 0 Å². The van der Waals surface area contributed by atoms with Crippen molar-refractivity contribution >= 4 is 43.3 Å². The fourth-order valence-corrected chi connectivity index (χ4v) is 4.12. The van der Waals surface area contributed by atoms with Crippen LogP contribution in [-0.2, 0) is 11.3 Å². The summed E-state index contributed by atoms with van der Waals surface area (Å²) in [6.07, 6.45) is 0. The van der Waals surface area contributed by atoms with Crippen LogP contribution in [0.1, 0.15) is 15.2 Å². The molecule has 0 saturated carbocycles. The SMILES string of the molecule is COCc1c(C(=O)NCCOc2cccc(Br)c2)sc2cccc(F)c12. The third-order valence-electron chi connectivity index (χ3n) is 3.71. The van der Waals surface area contributed by atoms with Crippen molar-refractivity contribution in [3.63, 3.8) is 0 Å². The van der Waals surface area contributed by atoms with Gasteiger partial charge >= 0.3 is 0 Å². The summed E-state index contributed by atoms with van der Waals surface area (Å²) in [7, 11) is 1.53. The number of hydrogen-bond donors (Lipinski definition) is 1. The molecular formula is C19H17BrFNO3S. The van der Waals surface area contributed by atoms with Crippen LogP contribution in [0.25, 0.3) is 10.1 Å². The molecule has 0 spiro atoms. The summed E-state index contributed by atoms with van der Waals surface area (Å²) in [4.78, 5) is 13.0. The Balaban J connectivity index is 1.67. The molecule has 0 unspecified atom stereocenters. The molecule has 0 saturated heterocycles. The third-order valence-corrected chi connectivity index (χ3v) is 5.40. The van der Waals surface area contributed by atoms with Crippen LogP contribution in [0.3, 0.4) is 0 Å². The number of carbonyl (C=O) groups excluding carboxylic acids is 1. The van der Waals surface area contributed by atoms with Crippen LogP contribution in [0.15, 0.2) is 46.9 Å². The van der Waals surface area contributed by atoms with Gasteiger partial charge in [0.25, 0.3) is 5.91 Å². The van der Waals surface area contributed by atoms with Gasteiger partial charge in [-0.2, -0.15) is 0 Å². The van der Waals surface area contributed by atoms with Crippen LogP contribution in [-0.4, -0.2) is 26.2 Å². The second kappa shape index (κ2) is 8.62. The zero-order valence-corrected chi connectivity index (χ0v) is 16.5. The lowest BCUT2D eigenvalue weighted by atomic mass is 10.1. The quantitative estimate of drug-likeness (QED) is 0.542. The monoisotopic (exact) mass is 437 g/mol. The second-order valence-corrected chi connectivity index (χ2v) is 7.49. The van der Waals surface area contributed by atoms with Crippen molar-refractivity contribution in [3.8, 4) is 5.75 Å². The number of fused-ring (bicyclic) bond motifs is 1. The van der Waals surface area contributed by atoms with Gasteiger partial charge in [0.15, 0.2) is 0 Å². The minimum atomic E-state index is -0.345. The van der Waals surface area contributed by atoms with E-state index < -0.39 is 0 Å². The number of methoxy groups -OCH3 is 1. The van der Waals surface area contributed by atoms with Gasteiger partial charge in [-0.25, -0.2) is 4.39 Å². The normalized spacial score (nSPS) is 10.9. The molecule has 26 heavy (non-hydrogen) atoms. The number of rotatable bonds is 7. The fraction of sp³-hybridized carbons (Fsp3) is 0.211. The summed E-state index contributed by atoms with van der Waals surface area (Å²) >= 11 is 4.64. The highest BCUT2D eigenvalue weighted by Crippen LogP contribution is 2.33. The maximum Gasteiger partial charge on any atom is 0.261 e. The molecule has 2 aromatic carbocycles. The molecule has 1 amide bonds. The number of amides is 1. The maximum absolute atomic E-state index is 14.2. The number of ether oxygens (including phenoxy) is 2. The van der Waals surface area contributed by atoms with Crippen molar-refractivity contribution in [3.05, 3.63) is 63.2 Å². The molecule has 0 atom stereocenters. The molecule has 1 aromatic heterocycles. The Labute approximate surface area is 163 Å². The number of hydrogen-bond acceptors (Lipinski definition) is 4. The van der Waals surface area contributed by atoms with E-state index in [-0.39, 0.29) is 18.3 Å². The van der Waals surface area contributed by atoms with Crippen LogP contribution in [0.5, 0.6) is 5.75 Å². The first-order chi connectivity index (χ1) is 12.6. The molecule has 136 valence electrons. The number of benzene rings is 2. The summed E-state index contributed by atoms with van der Waals surface area (Å²) in [5.74, 6) is 0.121. The van der Waals surface area contributed by atoms with Gasteiger partial charge in [0.05, 0.1) is 18.0 Å². The van der Waals surface area contributed by atoms with Crippen molar-refractivity contribution in [2.24, 2.45) is 0 Å². The molecule has 4 nitrogen and oxygen atoms in total. The van der Waals surface area contributed by atoms with Crippen molar-refractivity contribution in [2.45, 2.75) is 6.61 Å². The lowest BCUT2D eigenvalue weighted by Crippen LogP contribution is -2.28. The van der Waals surface area contributed by atoms with Gasteiger partial charge in [0, 0.05) is 27.2 Å². The van der Waals surface area contributed by atoms with Crippen LogP contribution < -0.4 is 10.1 Å².